The van der Waals surface area contributed by atoms with Crippen molar-refractivity contribution in [3.63, 3.8) is 0 Å². The molecule has 0 radical (unpaired) electrons. The number of aromatic amines is 2. The number of alkyl carbamates (subject to hydrolysis) is 2. The molecule has 2 aliphatic rings. The lowest BCUT2D eigenvalue weighted by molar-refractivity contribution is -0.137. The molecule has 16 heteroatoms. The number of likely N-dealkylation sites (tertiary alicyclic amines) is 2. The number of nitrogens with one attached hydrogen (secondary N) is 4. The number of carbonyl (C=O) groups is 4. The summed E-state index contributed by atoms with van der Waals surface area (Å²) >= 11 is 13.5. The first-order valence-electron chi connectivity index (χ1n) is 19.8. The quantitative estimate of drug-likeness (QED) is 0.117. The number of imidazole rings is 2. The summed E-state index contributed by atoms with van der Waals surface area (Å²) in [7, 11) is 2.55. The van der Waals surface area contributed by atoms with E-state index in [4.69, 9.17) is 42.6 Å². The molecule has 4 N–H and O–H groups in total. The number of amides is 4. The highest BCUT2D eigenvalue weighted by atomic mass is 35.5. The van der Waals surface area contributed by atoms with Gasteiger partial charge in [-0.05, 0) is 62.5 Å². The maximum atomic E-state index is 13.7. The minimum absolute atomic E-state index is 0.0760. The van der Waals surface area contributed by atoms with Gasteiger partial charge in [0.1, 0.15) is 45.4 Å². The van der Waals surface area contributed by atoms with Crippen LogP contribution in [0.5, 0.6) is 0 Å². The molecule has 0 aliphatic carbocycles. The van der Waals surface area contributed by atoms with E-state index in [1.165, 1.54) is 14.2 Å². The van der Waals surface area contributed by atoms with E-state index < -0.39 is 24.3 Å². The molecule has 6 rings (SSSR count). The van der Waals surface area contributed by atoms with Gasteiger partial charge >= 0.3 is 12.2 Å². The fraction of sp³-hybridized carbons (Fsp3) is 0.476. The zero-order valence-electron chi connectivity index (χ0n) is 34.1. The molecule has 14 nitrogen and oxygen atoms in total. The smallest absolute Gasteiger partial charge is 0.407 e. The molecule has 0 saturated carbocycles. The Morgan fingerprint density at radius 1 is 0.655 bits per heavy atom. The maximum Gasteiger partial charge on any atom is 0.407 e. The first kappa shape index (κ1) is 42.5. The third-order valence-electron chi connectivity index (χ3n) is 11.9. The first-order chi connectivity index (χ1) is 27.7. The van der Waals surface area contributed by atoms with Gasteiger partial charge in [-0.1, -0.05) is 99.4 Å². The molecule has 2 fully saturated rings. The van der Waals surface area contributed by atoms with E-state index in [0.29, 0.717) is 59.0 Å². The van der Waals surface area contributed by atoms with Crippen LogP contribution in [-0.2, 0) is 19.1 Å². The van der Waals surface area contributed by atoms with Gasteiger partial charge in [-0.15, -0.1) is 0 Å². The van der Waals surface area contributed by atoms with Crippen molar-refractivity contribution in [2.75, 3.05) is 14.2 Å². The van der Waals surface area contributed by atoms with Gasteiger partial charge in [0.25, 0.3) is 0 Å². The van der Waals surface area contributed by atoms with Gasteiger partial charge in [0, 0.05) is 23.2 Å². The second-order valence-electron chi connectivity index (χ2n) is 15.3. The van der Waals surface area contributed by atoms with Crippen molar-refractivity contribution in [1.82, 2.24) is 40.4 Å². The third-order valence-corrected chi connectivity index (χ3v) is 12.4. The molecule has 8 atom stereocenters. The summed E-state index contributed by atoms with van der Waals surface area (Å²) in [6.07, 6.45) is 0.905. The monoisotopic (exact) mass is 834 g/mol. The summed E-state index contributed by atoms with van der Waals surface area (Å²) in [5.74, 6) is 1.20. The highest BCUT2D eigenvalue weighted by Crippen LogP contribution is 2.43. The number of carbonyl (C=O) groups excluding carboxylic acids is 4. The number of benzene rings is 2. The second kappa shape index (κ2) is 17.8. The van der Waals surface area contributed by atoms with Crippen LogP contribution in [0.25, 0.3) is 33.6 Å². The Morgan fingerprint density at radius 2 is 0.983 bits per heavy atom. The van der Waals surface area contributed by atoms with Crippen molar-refractivity contribution in [3.05, 3.63) is 70.5 Å². The van der Waals surface area contributed by atoms with Crippen LogP contribution in [0.3, 0.4) is 0 Å². The Balaban J connectivity index is 1.18. The van der Waals surface area contributed by atoms with Gasteiger partial charge in [0.2, 0.25) is 11.8 Å². The lowest BCUT2D eigenvalue weighted by Gasteiger charge is -2.31. The number of hydrogen-bond acceptors (Lipinski definition) is 8. The zero-order chi connectivity index (χ0) is 42.0. The molecule has 0 unspecified atom stereocenters. The summed E-state index contributed by atoms with van der Waals surface area (Å²) in [6, 6.07) is 13.6. The third kappa shape index (κ3) is 8.40. The van der Waals surface area contributed by atoms with Crippen molar-refractivity contribution < 1.29 is 28.7 Å². The summed E-state index contributed by atoms with van der Waals surface area (Å²) in [4.78, 5) is 71.3. The largest absolute Gasteiger partial charge is 0.453 e. The molecule has 2 aliphatic heterocycles. The van der Waals surface area contributed by atoms with Gasteiger partial charge in [0.15, 0.2) is 0 Å². The molecule has 4 heterocycles. The van der Waals surface area contributed by atoms with Crippen LogP contribution in [-0.4, -0.2) is 92.1 Å². The van der Waals surface area contributed by atoms with Crippen molar-refractivity contribution in [2.45, 2.75) is 103 Å². The normalized spacial score (nSPS) is 22.7. The van der Waals surface area contributed by atoms with Gasteiger partial charge in [-0.25, -0.2) is 19.6 Å². The number of hydrogen-bond donors (Lipinski definition) is 4. The SMILES string of the molecule is CC[C@H](NC(=O)OC)C(=O)N1[C@H](c2nc(-c3ccc(-c4ccc(-c5nc([C@@H]6C[C@@H](C)[C@H](C)N6C(=O)[C@H](CC)NC(=O)OC)[nH]c5Cl)cc4)cc3)c(Cl)[nH]2)C[C@@H](C)[C@@H]1C. The molecule has 2 aromatic heterocycles. The molecular formula is C42H52Cl2N8O6. The van der Waals surface area contributed by atoms with E-state index in [1.807, 2.05) is 76.2 Å². The fourth-order valence-corrected chi connectivity index (χ4v) is 8.65. The van der Waals surface area contributed by atoms with Gasteiger partial charge in [-0.2, -0.15) is 0 Å². The van der Waals surface area contributed by atoms with E-state index in [1.54, 1.807) is 9.80 Å². The zero-order valence-corrected chi connectivity index (χ0v) is 35.6. The highest BCUT2D eigenvalue weighted by molar-refractivity contribution is 6.32. The average molecular weight is 836 g/mol. The highest BCUT2D eigenvalue weighted by Gasteiger charge is 2.45. The van der Waals surface area contributed by atoms with E-state index >= 15 is 0 Å². The molecular weight excluding hydrogens is 783 g/mol. The number of ether oxygens (including phenoxy) is 2. The molecule has 58 heavy (non-hydrogen) atoms. The Kier molecular flexibility index (Phi) is 13.1. The molecule has 0 spiro atoms. The molecule has 310 valence electrons. The van der Waals surface area contributed by atoms with Crippen LogP contribution in [0, 0.1) is 11.8 Å². The fourth-order valence-electron chi connectivity index (χ4n) is 8.15. The number of H-pyrrole nitrogens is 2. The molecule has 4 aromatic rings. The summed E-state index contributed by atoms with van der Waals surface area (Å²) in [6.45, 7) is 11.9. The predicted molar refractivity (Wildman–Crippen MR) is 222 cm³/mol. The number of halogens is 2. The van der Waals surface area contributed by atoms with Crippen molar-refractivity contribution >= 4 is 47.2 Å². The van der Waals surface area contributed by atoms with Crippen LogP contribution < -0.4 is 10.6 Å². The Morgan fingerprint density at radius 3 is 1.29 bits per heavy atom. The van der Waals surface area contributed by atoms with E-state index in [0.717, 1.165) is 22.3 Å². The Hall–Kier alpha value is -5.08. The topological polar surface area (TPSA) is 175 Å². The number of aromatic nitrogens is 4. The van der Waals surface area contributed by atoms with Crippen molar-refractivity contribution in [3.8, 4) is 33.6 Å². The minimum atomic E-state index is -0.728. The summed E-state index contributed by atoms with van der Waals surface area (Å²) in [5.41, 5.74) is 4.74. The number of nitrogens with zero attached hydrogens (tertiary/aromatic N) is 4. The average Bonchev–Trinajstić information content (AvgIpc) is 3.97. The lowest BCUT2D eigenvalue weighted by atomic mass is 10.0. The Labute approximate surface area is 348 Å². The summed E-state index contributed by atoms with van der Waals surface area (Å²) in [5, 5.41) is 6.07. The van der Waals surface area contributed by atoms with Gasteiger partial charge in [0.05, 0.1) is 26.3 Å². The molecule has 2 aromatic carbocycles. The second-order valence-corrected chi connectivity index (χ2v) is 16.1. The van der Waals surface area contributed by atoms with Crippen molar-refractivity contribution in [1.29, 1.82) is 0 Å². The maximum absolute atomic E-state index is 13.7. The van der Waals surface area contributed by atoms with E-state index in [9.17, 15) is 19.2 Å². The van der Waals surface area contributed by atoms with Crippen LogP contribution in [0.1, 0.15) is 91.0 Å². The van der Waals surface area contributed by atoms with E-state index in [-0.39, 0.29) is 47.8 Å². The molecule has 4 amide bonds. The lowest BCUT2D eigenvalue weighted by Crippen LogP contribution is -2.50. The van der Waals surface area contributed by atoms with Gasteiger partial charge in [-0.3, -0.25) is 9.59 Å². The standard InChI is InChI=1S/C42H52Cl2N8O6/c1-9-29(45-41(55)57-7)39(53)51-23(5)21(3)19-31(51)37-47-33(35(43)49-37)27-15-11-25(12-16-27)26-13-17-28(18-14-26)34-36(44)50-38(48-34)32-20-22(4)24(6)52(32)40(54)30(10-2)46-42(56)58-8/h11-18,21-24,29-32H,9-10,19-20H2,1-8H3,(H,45,55)(H,46,56)(H,47,49)(H,48,50)/t21-,22-,23+,24+,29+,30+,31+,32+/m1/s1. The van der Waals surface area contributed by atoms with Crippen molar-refractivity contribution in [2.24, 2.45) is 11.8 Å². The number of rotatable bonds is 11. The first-order valence-corrected chi connectivity index (χ1v) is 20.5. The van der Waals surface area contributed by atoms with Crippen LogP contribution in [0.2, 0.25) is 10.3 Å². The van der Waals surface area contributed by atoms with Crippen LogP contribution >= 0.6 is 23.2 Å². The van der Waals surface area contributed by atoms with E-state index in [2.05, 4.69) is 34.4 Å². The Bertz CT molecular complexity index is 1970. The number of methoxy groups -OCH3 is 2. The van der Waals surface area contributed by atoms with Crippen LogP contribution in [0.4, 0.5) is 9.59 Å². The summed E-state index contributed by atoms with van der Waals surface area (Å²) < 4.78 is 9.50. The van der Waals surface area contributed by atoms with Crippen LogP contribution in [0.15, 0.2) is 48.5 Å². The molecule has 2 saturated heterocycles. The predicted octanol–water partition coefficient (Wildman–Crippen LogP) is 8.31. The van der Waals surface area contributed by atoms with Gasteiger partial charge < -0.3 is 39.9 Å². The molecule has 0 bridgehead atoms. The minimum Gasteiger partial charge on any atom is -0.453 e.